The lowest BCUT2D eigenvalue weighted by Gasteiger charge is -2.08. The van der Waals surface area contributed by atoms with E-state index in [2.05, 4.69) is 10.6 Å². The van der Waals surface area contributed by atoms with Crippen LogP contribution in [0, 0.1) is 0 Å². The number of unbranched alkanes of at least 4 members (excludes halogenated alkanes) is 2. The maximum Gasteiger partial charge on any atom is 0.320 e. The van der Waals surface area contributed by atoms with E-state index in [0.717, 1.165) is 0 Å². The van der Waals surface area contributed by atoms with E-state index in [9.17, 15) is 19.2 Å². The summed E-state index contributed by atoms with van der Waals surface area (Å²) in [7, 11) is 2.55. The molecule has 0 aliphatic rings. The van der Waals surface area contributed by atoms with E-state index in [1.54, 1.807) is 0 Å². The Balaban J connectivity index is 3.50. The van der Waals surface area contributed by atoms with Gasteiger partial charge in [-0.2, -0.15) is 0 Å². The van der Waals surface area contributed by atoms with Crippen molar-refractivity contribution < 1.29 is 29.4 Å². The zero-order valence-corrected chi connectivity index (χ0v) is 17.4. The second-order valence-electron chi connectivity index (χ2n) is 6.11. The lowest BCUT2D eigenvalue weighted by Crippen LogP contribution is -2.30. The second kappa shape index (κ2) is 16.5. The molecule has 162 valence electrons. The first-order valence-corrected chi connectivity index (χ1v) is 11.5. The smallest absolute Gasteiger partial charge is 0.320 e. The van der Waals surface area contributed by atoms with Crippen molar-refractivity contribution in [2.75, 3.05) is 24.6 Å². The standard InChI is InChI=1S/C16H30N4O6S2/c17-11(15(23)24)5-1-3-7-19-13(21)9-27-28-10-14(22)20-8-4-2-6-12(18)16(25)26/h11-12H,1-10,17-18H2,(H,19,21)(H,20,22)(H,23,24)(H,25,26)/t11-,12-/m0/s1. The molecule has 0 saturated heterocycles. The summed E-state index contributed by atoms with van der Waals surface area (Å²) in [5, 5.41) is 22.7. The molecule has 0 spiro atoms. The van der Waals surface area contributed by atoms with E-state index >= 15 is 0 Å². The zero-order valence-electron chi connectivity index (χ0n) is 15.7. The summed E-state index contributed by atoms with van der Waals surface area (Å²) in [6.45, 7) is 0.921. The number of nitrogens with two attached hydrogens (primary N) is 2. The SMILES string of the molecule is N[C@@H](CCCCNC(=O)CSSCC(=O)NCCCC[C@H](N)C(=O)O)C(=O)O. The first kappa shape index (κ1) is 26.5. The molecule has 0 aromatic carbocycles. The van der Waals surface area contributed by atoms with Gasteiger partial charge in [0.05, 0.1) is 11.5 Å². The maximum atomic E-state index is 11.6. The number of carbonyl (C=O) groups is 4. The number of carboxylic acids is 2. The third-order valence-electron chi connectivity index (χ3n) is 3.63. The Hall–Kier alpha value is -1.50. The van der Waals surface area contributed by atoms with Gasteiger partial charge in [-0.1, -0.05) is 21.6 Å². The number of nitrogens with one attached hydrogen (secondary N) is 2. The van der Waals surface area contributed by atoms with Gasteiger partial charge in [0, 0.05) is 13.1 Å². The maximum absolute atomic E-state index is 11.6. The van der Waals surface area contributed by atoms with E-state index in [-0.39, 0.29) is 23.3 Å². The van der Waals surface area contributed by atoms with Crippen LogP contribution in [0.15, 0.2) is 0 Å². The minimum atomic E-state index is -1.02. The van der Waals surface area contributed by atoms with E-state index in [0.29, 0.717) is 51.6 Å². The van der Waals surface area contributed by atoms with Crippen LogP contribution in [-0.4, -0.2) is 70.6 Å². The predicted octanol–water partition coefficient (Wildman–Crippen LogP) is -0.235. The number of carbonyl (C=O) groups excluding carboxylic acids is 2. The molecule has 0 aliphatic carbocycles. The molecule has 0 heterocycles. The fraction of sp³-hybridized carbons (Fsp3) is 0.750. The molecule has 12 heteroatoms. The lowest BCUT2D eigenvalue weighted by atomic mass is 10.1. The molecular formula is C16H30N4O6S2. The highest BCUT2D eigenvalue weighted by Gasteiger charge is 2.11. The van der Waals surface area contributed by atoms with Crippen LogP contribution in [0.2, 0.25) is 0 Å². The molecule has 8 N–H and O–H groups in total. The van der Waals surface area contributed by atoms with Crippen LogP contribution in [0.25, 0.3) is 0 Å². The molecule has 2 atom stereocenters. The number of hydrogen-bond donors (Lipinski definition) is 6. The first-order valence-electron chi connectivity index (χ1n) is 8.98. The quantitative estimate of drug-likeness (QED) is 0.131. The van der Waals surface area contributed by atoms with Crippen molar-refractivity contribution in [3.8, 4) is 0 Å². The zero-order chi connectivity index (χ0) is 21.4. The number of aliphatic carboxylic acids is 2. The Labute approximate surface area is 172 Å². The van der Waals surface area contributed by atoms with Gasteiger partial charge in [0.25, 0.3) is 0 Å². The van der Waals surface area contributed by atoms with Crippen LogP contribution < -0.4 is 22.1 Å². The molecule has 2 amide bonds. The highest BCUT2D eigenvalue weighted by molar-refractivity contribution is 8.77. The summed E-state index contributed by atoms with van der Waals surface area (Å²) < 4.78 is 0. The topological polar surface area (TPSA) is 185 Å². The highest BCUT2D eigenvalue weighted by atomic mass is 33.1. The Morgan fingerprint density at radius 2 is 1.07 bits per heavy atom. The summed E-state index contributed by atoms with van der Waals surface area (Å²) in [4.78, 5) is 44.3. The molecule has 0 fully saturated rings. The largest absolute Gasteiger partial charge is 0.480 e. The average Bonchev–Trinajstić information content (AvgIpc) is 2.64. The molecule has 0 saturated carbocycles. The molecular weight excluding hydrogens is 408 g/mol. The summed E-state index contributed by atoms with van der Waals surface area (Å²) in [5.74, 6) is -1.89. The van der Waals surface area contributed by atoms with Gasteiger partial charge in [-0.3, -0.25) is 19.2 Å². The van der Waals surface area contributed by atoms with Crippen molar-refractivity contribution in [2.24, 2.45) is 11.5 Å². The molecule has 0 rings (SSSR count). The third-order valence-corrected chi connectivity index (χ3v) is 5.76. The number of rotatable bonds is 17. The Morgan fingerprint density at radius 1 is 0.714 bits per heavy atom. The van der Waals surface area contributed by atoms with Gasteiger partial charge in [-0.25, -0.2) is 0 Å². The van der Waals surface area contributed by atoms with E-state index in [4.69, 9.17) is 21.7 Å². The summed E-state index contributed by atoms with van der Waals surface area (Å²) in [5.41, 5.74) is 10.8. The number of carboxylic acid groups (broad SMARTS) is 2. The van der Waals surface area contributed by atoms with E-state index in [1.165, 1.54) is 21.6 Å². The second-order valence-corrected chi connectivity index (χ2v) is 8.57. The van der Waals surface area contributed by atoms with Crippen LogP contribution in [0.5, 0.6) is 0 Å². The first-order chi connectivity index (χ1) is 13.2. The van der Waals surface area contributed by atoms with Gasteiger partial charge < -0.3 is 32.3 Å². The summed E-state index contributed by atoms with van der Waals surface area (Å²) >= 11 is 0. The normalized spacial score (nSPS) is 12.8. The van der Waals surface area contributed by atoms with Crippen molar-refractivity contribution in [3.05, 3.63) is 0 Å². The van der Waals surface area contributed by atoms with Gasteiger partial charge in [0.15, 0.2) is 0 Å². The van der Waals surface area contributed by atoms with Crippen LogP contribution >= 0.6 is 21.6 Å². The van der Waals surface area contributed by atoms with Crippen molar-refractivity contribution in [1.29, 1.82) is 0 Å². The molecule has 0 aliphatic heterocycles. The molecule has 10 nitrogen and oxygen atoms in total. The van der Waals surface area contributed by atoms with Crippen molar-refractivity contribution >= 4 is 45.3 Å². The molecule has 0 aromatic rings. The molecule has 0 aromatic heterocycles. The Bertz CT molecular complexity index is 466. The van der Waals surface area contributed by atoms with Crippen LogP contribution in [0.1, 0.15) is 38.5 Å². The van der Waals surface area contributed by atoms with Gasteiger partial charge in [0.1, 0.15) is 12.1 Å². The van der Waals surface area contributed by atoms with Crippen LogP contribution in [-0.2, 0) is 19.2 Å². The minimum Gasteiger partial charge on any atom is -0.480 e. The van der Waals surface area contributed by atoms with Crippen molar-refractivity contribution in [3.63, 3.8) is 0 Å². The Kier molecular flexibility index (Phi) is 15.6. The van der Waals surface area contributed by atoms with Crippen LogP contribution in [0.3, 0.4) is 0 Å². The number of amides is 2. The van der Waals surface area contributed by atoms with Gasteiger partial charge in [-0.15, -0.1) is 0 Å². The molecule has 0 bridgehead atoms. The fourth-order valence-corrected chi connectivity index (χ4v) is 3.70. The van der Waals surface area contributed by atoms with E-state index in [1.807, 2.05) is 0 Å². The van der Waals surface area contributed by atoms with Crippen molar-refractivity contribution in [2.45, 2.75) is 50.6 Å². The molecule has 0 radical (unpaired) electrons. The van der Waals surface area contributed by atoms with Crippen LogP contribution in [0.4, 0.5) is 0 Å². The Morgan fingerprint density at radius 3 is 1.39 bits per heavy atom. The third kappa shape index (κ3) is 15.5. The van der Waals surface area contributed by atoms with Gasteiger partial charge in [-0.05, 0) is 38.5 Å². The fourth-order valence-electron chi connectivity index (χ4n) is 1.97. The average molecular weight is 439 g/mol. The van der Waals surface area contributed by atoms with Crippen molar-refractivity contribution in [1.82, 2.24) is 10.6 Å². The molecule has 0 unspecified atom stereocenters. The summed E-state index contributed by atoms with van der Waals surface area (Å²) in [6, 6.07) is -1.73. The lowest BCUT2D eigenvalue weighted by molar-refractivity contribution is -0.139. The number of hydrogen-bond acceptors (Lipinski definition) is 8. The molecule has 28 heavy (non-hydrogen) atoms. The monoisotopic (exact) mass is 438 g/mol. The highest BCUT2D eigenvalue weighted by Crippen LogP contribution is 2.20. The summed E-state index contributed by atoms with van der Waals surface area (Å²) in [6.07, 6.45) is 3.30. The van der Waals surface area contributed by atoms with E-state index < -0.39 is 24.0 Å². The predicted molar refractivity (Wildman–Crippen MR) is 110 cm³/mol. The minimum absolute atomic E-state index is 0.143. The van der Waals surface area contributed by atoms with Gasteiger partial charge in [0.2, 0.25) is 11.8 Å². The van der Waals surface area contributed by atoms with Gasteiger partial charge >= 0.3 is 11.9 Å².